The van der Waals surface area contributed by atoms with E-state index >= 15 is 0 Å². The van der Waals surface area contributed by atoms with Crippen LogP contribution in [0.1, 0.15) is 27.2 Å². The first-order valence-corrected chi connectivity index (χ1v) is 7.48. The molecule has 1 rings (SSSR count). The molecule has 1 atom stereocenters. The molecule has 1 aromatic heterocycles. The zero-order valence-corrected chi connectivity index (χ0v) is 12.2. The lowest BCUT2D eigenvalue weighted by molar-refractivity contribution is 0.212. The van der Waals surface area contributed by atoms with Crippen LogP contribution in [0.5, 0.6) is 0 Å². The van der Waals surface area contributed by atoms with E-state index in [1.165, 1.54) is 21.3 Å². The molecule has 6 nitrogen and oxygen atoms in total. The first-order chi connectivity index (χ1) is 8.33. The number of hydrogen-bond donors (Lipinski definition) is 1. The standard InChI is InChI=1S/C11H22N4O2S/c1-5-11(3,9-12)15(6-2)18(16,17)10-7-8-13-14(10)4/h7-8H,5-6,9,12H2,1-4H3. The van der Waals surface area contributed by atoms with Crippen molar-refractivity contribution in [1.29, 1.82) is 0 Å². The van der Waals surface area contributed by atoms with Gasteiger partial charge in [-0.25, -0.2) is 8.42 Å². The Bertz CT molecular complexity index is 491. The van der Waals surface area contributed by atoms with Crippen molar-refractivity contribution in [2.75, 3.05) is 13.1 Å². The van der Waals surface area contributed by atoms with E-state index in [1.807, 2.05) is 20.8 Å². The zero-order valence-electron chi connectivity index (χ0n) is 11.4. The summed E-state index contributed by atoms with van der Waals surface area (Å²) in [6, 6.07) is 1.50. The summed E-state index contributed by atoms with van der Waals surface area (Å²) in [5, 5.41) is 4.11. The average Bonchev–Trinajstić information content (AvgIpc) is 2.76. The maximum Gasteiger partial charge on any atom is 0.260 e. The Morgan fingerprint density at radius 1 is 1.50 bits per heavy atom. The second kappa shape index (κ2) is 5.38. The highest BCUT2D eigenvalue weighted by molar-refractivity contribution is 7.89. The third-order valence-corrected chi connectivity index (χ3v) is 5.63. The second-order valence-electron chi connectivity index (χ2n) is 4.52. The van der Waals surface area contributed by atoms with Crippen molar-refractivity contribution in [3.8, 4) is 0 Å². The molecular weight excluding hydrogens is 252 g/mol. The predicted octanol–water partition coefficient (Wildman–Crippen LogP) is 0.558. The van der Waals surface area contributed by atoms with Gasteiger partial charge in [0.05, 0.1) is 6.20 Å². The molecule has 0 spiro atoms. The molecule has 1 aromatic rings. The monoisotopic (exact) mass is 274 g/mol. The molecule has 0 fully saturated rings. The molecule has 7 heteroatoms. The molecule has 0 bridgehead atoms. The van der Waals surface area contributed by atoms with Crippen LogP contribution in [0.4, 0.5) is 0 Å². The van der Waals surface area contributed by atoms with Gasteiger partial charge in [-0.15, -0.1) is 0 Å². The van der Waals surface area contributed by atoms with Gasteiger partial charge in [0.15, 0.2) is 5.03 Å². The van der Waals surface area contributed by atoms with Gasteiger partial charge in [-0.2, -0.15) is 9.40 Å². The first-order valence-electron chi connectivity index (χ1n) is 6.04. The highest BCUT2D eigenvalue weighted by Gasteiger charge is 2.38. The molecule has 0 saturated carbocycles. The van der Waals surface area contributed by atoms with Gasteiger partial charge in [0.1, 0.15) is 0 Å². The molecule has 18 heavy (non-hydrogen) atoms. The van der Waals surface area contributed by atoms with E-state index in [4.69, 9.17) is 5.73 Å². The van der Waals surface area contributed by atoms with Crippen molar-refractivity contribution in [2.24, 2.45) is 12.8 Å². The summed E-state index contributed by atoms with van der Waals surface area (Å²) in [5.41, 5.74) is 5.18. The molecule has 0 saturated heterocycles. The molecule has 0 aliphatic carbocycles. The molecule has 0 aliphatic heterocycles. The van der Waals surface area contributed by atoms with Crippen LogP contribution in [-0.2, 0) is 17.1 Å². The predicted molar refractivity (Wildman–Crippen MR) is 70.5 cm³/mol. The lowest BCUT2D eigenvalue weighted by Gasteiger charge is -2.38. The van der Waals surface area contributed by atoms with E-state index in [9.17, 15) is 8.42 Å². The van der Waals surface area contributed by atoms with Crippen LogP contribution in [0.3, 0.4) is 0 Å². The van der Waals surface area contributed by atoms with E-state index in [1.54, 1.807) is 7.05 Å². The molecule has 0 amide bonds. The smallest absolute Gasteiger partial charge is 0.260 e. The molecule has 1 heterocycles. The fraction of sp³-hybridized carbons (Fsp3) is 0.727. The maximum atomic E-state index is 12.6. The number of aryl methyl sites for hydroxylation is 1. The minimum Gasteiger partial charge on any atom is -0.329 e. The minimum atomic E-state index is -3.57. The van der Waals surface area contributed by atoms with Crippen LogP contribution in [0.2, 0.25) is 0 Å². The Hall–Kier alpha value is -0.920. The third-order valence-electron chi connectivity index (χ3n) is 3.42. The van der Waals surface area contributed by atoms with Gasteiger partial charge in [-0.3, -0.25) is 4.68 Å². The number of nitrogens with zero attached hydrogens (tertiary/aromatic N) is 3. The van der Waals surface area contributed by atoms with Gasteiger partial charge in [0, 0.05) is 25.7 Å². The van der Waals surface area contributed by atoms with Gasteiger partial charge < -0.3 is 5.73 Å². The number of likely N-dealkylation sites (N-methyl/N-ethyl adjacent to an activating group) is 1. The van der Waals surface area contributed by atoms with E-state index in [0.717, 1.165) is 0 Å². The molecule has 0 aliphatic rings. The van der Waals surface area contributed by atoms with Gasteiger partial charge in [-0.1, -0.05) is 13.8 Å². The molecule has 2 N–H and O–H groups in total. The SMILES string of the molecule is CCN(C(C)(CC)CN)S(=O)(=O)c1ccnn1C. The fourth-order valence-corrected chi connectivity index (χ4v) is 3.96. The van der Waals surface area contributed by atoms with E-state index in [2.05, 4.69) is 5.10 Å². The third kappa shape index (κ3) is 2.43. The lowest BCUT2D eigenvalue weighted by Crippen LogP contribution is -2.54. The van der Waals surface area contributed by atoms with Crippen molar-refractivity contribution in [2.45, 2.75) is 37.8 Å². The zero-order chi connectivity index (χ0) is 14.0. The Morgan fingerprint density at radius 2 is 2.11 bits per heavy atom. The molecular formula is C11H22N4O2S. The number of rotatable bonds is 6. The summed E-state index contributed by atoms with van der Waals surface area (Å²) in [7, 11) is -1.95. The topological polar surface area (TPSA) is 81.2 Å². The van der Waals surface area contributed by atoms with Gasteiger partial charge in [0.25, 0.3) is 10.0 Å². The van der Waals surface area contributed by atoms with E-state index in [-0.39, 0.29) is 11.6 Å². The number of nitrogens with two attached hydrogens (primary N) is 1. The highest BCUT2D eigenvalue weighted by atomic mass is 32.2. The maximum absolute atomic E-state index is 12.6. The van der Waals surface area contributed by atoms with Crippen molar-refractivity contribution in [1.82, 2.24) is 14.1 Å². The Kier molecular flexibility index (Phi) is 4.52. The van der Waals surface area contributed by atoms with Crippen LogP contribution in [0, 0.1) is 0 Å². The summed E-state index contributed by atoms with van der Waals surface area (Å²) in [6.45, 7) is 6.29. The number of hydrogen-bond acceptors (Lipinski definition) is 4. The normalized spacial score (nSPS) is 15.9. The summed E-state index contributed by atoms with van der Waals surface area (Å²) >= 11 is 0. The quantitative estimate of drug-likeness (QED) is 0.821. The summed E-state index contributed by atoms with van der Waals surface area (Å²) in [4.78, 5) is 0. The second-order valence-corrected chi connectivity index (χ2v) is 6.33. The first kappa shape index (κ1) is 15.1. The summed E-state index contributed by atoms with van der Waals surface area (Å²) in [6.07, 6.45) is 2.14. The van der Waals surface area contributed by atoms with Crippen molar-refractivity contribution >= 4 is 10.0 Å². The highest BCUT2D eigenvalue weighted by Crippen LogP contribution is 2.26. The van der Waals surface area contributed by atoms with Crippen LogP contribution in [-0.4, -0.2) is 41.1 Å². The molecule has 104 valence electrons. The van der Waals surface area contributed by atoms with Crippen LogP contribution >= 0.6 is 0 Å². The molecule has 0 aromatic carbocycles. The van der Waals surface area contributed by atoms with Crippen LogP contribution in [0.15, 0.2) is 17.3 Å². The molecule has 0 radical (unpaired) electrons. The van der Waals surface area contributed by atoms with Crippen molar-refractivity contribution < 1.29 is 8.42 Å². The molecule has 1 unspecified atom stereocenters. The van der Waals surface area contributed by atoms with Crippen LogP contribution < -0.4 is 5.73 Å². The Balaban J connectivity index is 3.29. The van der Waals surface area contributed by atoms with E-state index in [0.29, 0.717) is 13.0 Å². The van der Waals surface area contributed by atoms with Gasteiger partial charge in [0.2, 0.25) is 0 Å². The summed E-state index contributed by atoms with van der Waals surface area (Å²) in [5.74, 6) is 0. The van der Waals surface area contributed by atoms with Gasteiger partial charge >= 0.3 is 0 Å². The Morgan fingerprint density at radius 3 is 2.44 bits per heavy atom. The average molecular weight is 274 g/mol. The van der Waals surface area contributed by atoms with E-state index < -0.39 is 15.6 Å². The number of aromatic nitrogens is 2. The fourth-order valence-electron chi connectivity index (χ4n) is 1.99. The largest absolute Gasteiger partial charge is 0.329 e. The van der Waals surface area contributed by atoms with Crippen molar-refractivity contribution in [3.63, 3.8) is 0 Å². The number of sulfonamides is 1. The lowest BCUT2D eigenvalue weighted by atomic mass is 9.99. The van der Waals surface area contributed by atoms with Crippen LogP contribution in [0.25, 0.3) is 0 Å². The summed E-state index contributed by atoms with van der Waals surface area (Å²) < 4.78 is 28.1. The Labute approximate surface area is 109 Å². The van der Waals surface area contributed by atoms with Gasteiger partial charge in [-0.05, 0) is 19.4 Å². The minimum absolute atomic E-state index is 0.192. The van der Waals surface area contributed by atoms with Crippen molar-refractivity contribution in [3.05, 3.63) is 12.3 Å².